The smallest absolute Gasteiger partial charge is 0.271 e. The molecule has 9 nitrogen and oxygen atoms in total. The molecule has 13 heteroatoms. The van der Waals surface area contributed by atoms with Crippen molar-refractivity contribution in [1.82, 2.24) is 4.42 Å². The number of amides is 2. The van der Waals surface area contributed by atoms with Crippen LogP contribution in [0.4, 0.5) is 18.9 Å². The first kappa shape index (κ1) is 29.3. The van der Waals surface area contributed by atoms with Crippen molar-refractivity contribution in [1.29, 1.82) is 5.41 Å². The zero-order chi connectivity index (χ0) is 28.7. The average molecular weight is 565 g/mol. The molecule has 0 saturated heterocycles. The van der Waals surface area contributed by atoms with E-state index in [0.29, 0.717) is 10.1 Å². The molecule has 206 valence electrons. The molecule has 0 aliphatic heterocycles. The zero-order valence-corrected chi connectivity index (χ0v) is 21.5. The van der Waals surface area contributed by atoms with Crippen molar-refractivity contribution in [3.63, 3.8) is 0 Å². The molecule has 0 saturated carbocycles. The summed E-state index contributed by atoms with van der Waals surface area (Å²) >= 11 is 6.21. The van der Waals surface area contributed by atoms with Crippen molar-refractivity contribution in [2.24, 2.45) is 5.73 Å². The molecule has 2 amide bonds. The maximum atomic E-state index is 14.6. The summed E-state index contributed by atoms with van der Waals surface area (Å²) in [7, 11) is 2.32. The lowest BCUT2D eigenvalue weighted by molar-refractivity contribution is -0.138. The lowest BCUT2D eigenvalue weighted by Crippen LogP contribution is -2.30. The summed E-state index contributed by atoms with van der Waals surface area (Å²) in [4.78, 5) is 25.4. The van der Waals surface area contributed by atoms with Crippen molar-refractivity contribution in [3.05, 3.63) is 88.7 Å². The molecule has 0 bridgehead atoms. The Morgan fingerprint density at radius 1 is 1.05 bits per heavy atom. The number of nitrogens with two attached hydrogens (primary N) is 1. The van der Waals surface area contributed by atoms with E-state index in [-0.39, 0.29) is 35.0 Å². The number of rotatable bonds is 11. The lowest BCUT2D eigenvalue weighted by Gasteiger charge is -2.23. The Labute approximate surface area is 226 Å². The van der Waals surface area contributed by atoms with Crippen molar-refractivity contribution < 1.29 is 37.0 Å². The fraction of sp³-hybridized carbons (Fsp3) is 0.192. The highest BCUT2D eigenvalue weighted by atomic mass is 35.5. The molecule has 0 aromatic heterocycles. The molecular formula is C26H24ClF3N4O5. The van der Waals surface area contributed by atoms with Crippen molar-refractivity contribution >= 4 is 35.1 Å². The molecule has 39 heavy (non-hydrogen) atoms. The van der Waals surface area contributed by atoms with Crippen LogP contribution in [0.15, 0.2) is 54.6 Å². The predicted molar refractivity (Wildman–Crippen MR) is 137 cm³/mol. The standard InChI is InChI=1S/C26H24ClF3N4O5/c1-37-18-10-19(29)23(20(30)11-18)24(38-2)26(36)34(27)12-15-4-3-14(25(31)32)9-21(15)39-13-22(35)33-17-7-5-16(28)6-8-17/h3-11,24H,12-13H2,1-2H3,(H3,31,32)(H,33,35). The number of ether oxygens (including phenoxy) is 3. The lowest BCUT2D eigenvalue weighted by atomic mass is 10.1. The molecule has 0 aliphatic carbocycles. The van der Waals surface area contributed by atoms with Crippen LogP contribution in [-0.4, -0.2) is 42.9 Å². The number of hydrogen-bond donors (Lipinski definition) is 3. The second kappa shape index (κ2) is 13.0. The molecule has 0 radical (unpaired) electrons. The molecule has 0 spiro atoms. The highest BCUT2D eigenvalue weighted by Gasteiger charge is 2.31. The third-order valence-corrected chi connectivity index (χ3v) is 5.71. The summed E-state index contributed by atoms with van der Waals surface area (Å²) in [6, 6.07) is 11.2. The van der Waals surface area contributed by atoms with Crippen LogP contribution in [0.1, 0.15) is 22.8 Å². The number of nitrogens with zero attached hydrogens (tertiary/aromatic N) is 1. The maximum Gasteiger partial charge on any atom is 0.271 e. The molecule has 1 atom stereocenters. The molecular weight excluding hydrogens is 541 g/mol. The Bertz CT molecular complexity index is 1350. The Hall–Kier alpha value is -4.29. The van der Waals surface area contributed by atoms with E-state index in [1.807, 2.05) is 0 Å². The fourth-order valence-corrected chi connectivity index (χ4v) is 3.70. The molecule has 3 aromatic rings. The number of benzene rings is 3. The zero-order valence-electron chi connectivity index (χ0n) is 20.8. The summed E-state index contributed by atoms with van der Waals surface area (Å²) in [6.07, 6.45) is -1.73. The van der Waals surface area contributed by atoms with Gasteiger partial charge in [0.2, 0.25) is 0 Å². The van der Waals surface area contributed by atoms with E-state index in [4.69, 9.17) is 37.1 Å². The number of carbonyl (C=O) groups excluding carboxylic acids is 2. The van der Waals surface area contributed by atoms with Gasteiger partial charge in [-0.25, -0.2) is 17.6 Å². The predicted octanol–water partition coefficient (Wildman–Crippen LogP) is 4.28. The third kappa shape index (κ3) is 7.39. The van der Waals surface area contributed by atoms with E-state index >= 15 is 0 Å². The van der Waals surface area contributed by atoms with Gasteiger partial charge in [0.05, 0.1) is 19.2 Å². The quantitative estimate of drug-likeness (QED) is 0.181. The third-order valence-electron chi connectivity index (χ3n) is 5.42. The number of halogens is 4. The summed E-state index contributed by atoms with van der Waals surface area (Å²) < 4.78 is 58.4. The second-order valence-corrected chi connectivity index (χ2v) is 8.47. The summed E-state index contributed by atoms with van der Waals surface area (Å²) in [5.74, 6) is -4.49. The summed E-state index contributed by atoms with van der Waals surface area (Å²) in [6.45, 7) is -0.836. The molecule has 1 unspecified atom stereocenters. The number of carbonyl (C=O) groups is 2. The fourth-order valence-electron chi connectivity index (χ4n) is 3.49. The van der Waals surface area contributed by atoms with E-state index in [9.17, 15) is 22.8 Å². The van der Waals surface area contributed by atoms with E-state index in [0.717, 1.165) is 19.2 Å². The van der Waals surface area contributed by atoms with Gasteiger partial charge in [-0.15, -0.1) is 0 Å². The number of hydrogen-bond acceptors (Lipinski definition) is 6. The van der Waals surface area contributed by atoms with Crippen molar-refractivity contribution in [3.8, 4) is 11.5 Å². The van der Waals surface area contributed by atoms with Gasteiger partial charge in [0.25, 0.3) is 11.8 Å². The van der Waals surface area contributed by atoms with Gasteiger partial charge < -0.3 is 25.3 Å². The second-order valence-electron chi connectivity index (χ2n) is 8.06. The normalized spacial score (nSPS) is 11.4. The highest BCUT2D eigenvalue weighted by molar-refractivity contribution is 6.21. The van der Waals surface area contributed by atoms with E-state index in [1.54, 1.807) is 0 Å². The van der Waals surface area contributed by atoms with Gasteiger partial charge in [0.1, 0.15) is 34.8 Å². The number of nitrogen functional groups attached to an aromatic ring is 1. The van der Waals surface area contributed by atoms with Crippen LogP contribution in [0.3, 0.4) is 0 Å². The molecule has 3 rings (SSSR count). The number of amidine groups is 1. The Morgan fingerprint density at radius 3 is 2.26 bits per heavy atom. The highest BCUT2D eigenvalue weighted by Crippen LogP contribution is 2.31. The van der Waals surface area contributed by atoms with Crippen LogP contribution in [0.5, 0.6) is 11.5 Å². The number of methoxy groups -OCH3 is 2. The summed E-state index contributed by atoms with van der Waals surface area (Å²) in [5, 5.41) is 10.2. The van der Waals surface area contributed by atoms with Gasteiger partial charge in [0, 0.05) is 47.8 Å². The average Bonchev–Trinajstić information content (AvgIpc) is 2.90. The van der Waals surface area contributed by atoms with Gasteiger partial charge >= 0.3 is 0 Å². The first-order chi connectivity index (χ1) is 18.5. The van der Waals surface area contributed by atoms with E-state index in [1.165, 1.54) is 49.6 Å². The largest absolute Gasteiger partial charge is 0.497 e. The van der Waals surface area contributed by atoms with Crippen LogP contribution < -0.4 is 20.5 Å². The van der Waals surface area contributed by atoms with Gasteiger partial charge in [-0.05, 0) is 30.3 Å². The Balaban J connectivity index is 1.79. The van der Waals surface area contributed by atoms with Gasteiger partial charge in [-0.3, -0.25) is 15.0 Å². The van der Waals surface area contributed by atoms with Crippen molar-refractivity contribution in [2.75, 3.05) is 26.1 Å². The van der Waals surface area contributed by atoms with Gasteiger partial charge in [-0.1, -0.05) is 12.1 Å². The minimum absolute atomic E-state index is 0.0613. The van der Waals surface area contributed by atoms with Crippen LogP contribution in [-0.2, 0) is 20.9 Å². The number of nitrogens with one attached hydrogen (secondary N) is 2. The van der Waals surface area contributed by atoms with Gasteiger partial charge in [-0.2, -0.15) is 0 Å². The molecule has 0 heterocycles. The van der Waals surface area contributed by atoms with E-state index in [2.05, 4.69) is 5.32 Å². The molecule has 4 N–H and O–H groups in total. The first-order valence-corrected chi connectivity index (χ1v) is 11.6. The Morgan fingerprint density at radius 2 is 1.69 bits per heavy atom. The monoisotopic (exact) mass is 564 g/mol. The molecule has 0 fully saturated rings. The van der Waals surface area contributed by atoms with Gasteiger partial charge in [0.15, 0.2) is 12.7 Å². The maximum absolute atomic E-state index is 14.6. The SMILES string of the molecule is COc1cc(F)c(C(OC)C(=O)N(Cl)Cc2ccc(C(=N)N)cc2OCC(=O)Nc2ccc(F)cc2)c(F)c1. The number of anilines is 1. The van der Waals surface area contributed by atoms with Crippen LogP contribution in [0.2, 0.25) is 0 Å². The topological polar surface area (TPSA) is 127 Å². The first-order valence-electron chi connectivity index (χ1n) is 11.2. The van der Waals surface area contributed by atoms with Crippen LogP contribution in [0, 0.1) is 22.9 Å². The molecule has 0 aliphatic rings. The van der Waals surface area contributed by atoms with E-state index < -0.39 is 47.5 Å². The minimum Gasteiger partial charge on any atom is -0.497 e. The van der Waals surface area contributed by atoms with Crippen molar-refractivity contribution in [2.45, 2.75) is 12.6 Å². The minimum atomic E-state index is -1.73. The molecule has 3 aromatic carbocycles. The van der Waals surface area contributed by atoms with Crippen LogP contribution in [0.25, 0.3) is 0 Å². The summed E-state index contributed by atoms with van der Waals surface area (Å²) in [5.41, 5.74) is 5.78. The Kier molecular flexibility index (Phi) is 9.74. The van der Waals surface area contributed by atoms with Crippen LogP contribution >= 0.6 is 11.8 Å².